The Bertz CT molecular complexity index is 703. The first-order valence-electron chi connectivity index (χ1n) is 7.53. The number of hydrogen-bond donors (Lipinski definition) is 2. The highest BCUT2D eigenvalue weighted by Crippen LogP contribution is 2.25. The summed E-state index contributed by atoms with van der Waals surface area (Å²) < 4.78 is 0. The van der Waals surface area contributed by atoms with E-state index in [1.807, 2.05) is 24.3 Å². The van der Waals surface area contributed by atoms with Crippen LogP contribution in [-0.2, 0) is 4.79 Å². The van der Waals surface area contributed by atoms with E-state index in [4.69, 9.17) is 0 Å². The predicted octanol–water partition coefficient (Wildman–Crippen LogP) is 3.06. The van der Waals surface area contributed by atoms with E-state index < -0.39 is 5.97 Å². The van der Waals surface area contributed by atoms with Crippen molar-refractivity contribution in [2.24, 2.45) is 11.0 Å². The molecule has 6 nitrogen and oxygen atoms in total. The molecule has 2 N–H and O–H groups in total. The van der Waals surface area contributed by atoms with E-state index in [1.54, 1.807) is 6.20 Å². The molecule has 0 aliphatic heterocycles. The van der Waals surface area contributed by atoms with Crippen molar-refractivity contribution in [3.8, 4) is 0 Å². The summed E-state index contributed by atoms with van der Waals surface area (Å²) in [5.41, 5.74) is 2.99. The molecule has 6 heteroatoms. The number of fused-ring (bicyclic) bond motifs is 1. The molecule has 0 atom stereocenters. The van der Waals surface area contributed by atoms with Gasteiger partial charge in [0.15, 0.2) is 5.82 Å². The third kappa shape index (κ3) is 3.05. The number of carboxylic acid groups (broad SMARTS) is 1. The van der Waals surface area contributed by atoms with Gasteiger partial charge in [-0.2, -0.15) is 10.2 Å². The molecule has 3 rings (SSSR count). The van der Waals surface area contributed by atoms with Gasteiger partial charge in [0.1, 0.15) is 5.71 Å². The van der Waals surface area contributed by atoms with Crippen LogP contribution in [0, 0.1) is 5.92 Å². The second-order valence-corrected chi connectivity index (χ2v) is 5.53. The van der Waals surface area contributed by atoms with Crippen molar-refractivity contribution in [3.63, 3.8) is 0 Å². The number of hydrogen-bond acceptors (Lipinski definition) is 5. The fourth-order valence-corrected chi connectivity index (χ4v) is 2.91. The summed E-state index contributed by atoms with van der Waals surface area (Å²) in [7, 11) is 0. The minimum Gasteiger partial charge on any atom is -0.477 e. The van der Waals surface area contributed by atoms with Gasteiger partial charge in [-0.1, -0.05) is 43.5 Å². The van der Waals surface area contributed by atoms with Crippen molar-refractivity contribution in [1.82, 2.24) is 10.2 Å². The van der Waals surface area contributed by atoms with Crippen LogP contribution in [0.25, 0.3) is 10.8 Å². The minimum absolute atomic E-state index is 0.0154. The zero-order valence-corrected chi connectivity index (χ0v) is 12.2. The molecular formula is C16H18N4O2. The summed E-state index contributed by atoms with van der Waals surface area (Å²) in [4.78, 5) is 11.5. The first-order valence-corrected chi connectivity index (χ1v) is 7.53. The summed E-state index contributed by atoms with van der Waals surface area (Å²) in [6, 6.07) is 7.65. The van der Waals surface area contributed by atoms with E-state index in [2.05, 4.69) is 20.7 Å². The second-order valence-electron chi connectivity index (χ2n) is 5.53. The lowest BCUT2D eigenvalue weighted by Crippen LogP contribution is -2.26. The Labute approximate surface area is 128 Å². The van der Waals surface area contributed by atoms with Gasteiger partial charge in [0, 0.05) is 16.7 Å². The first-order chi connectivity index (χ1) is 10.8. The van der Waals surface area contributed by atoms with Gasteiger partial charge < -0.3 is 5.11 Å². The van der Waals surface area contributed by atoms with Crippen LogP contribution in [0.15, 0.2) is 35.6 Å². The lowest BCUT2D eigenvalue weighted by molar-refractivity contribution is -0.129. The molecular weight excluding hydrogens is 280 g/mol. The molecule has 0 saturated heterocycles. The standard InChI is InChI=1S/C16H18N4O2/c21-16(22)14(11-6-2-1-3-7-11)18-20-15-13-9-5-4-8-12(13)10-17-19-15/h4-5,8-11H,1-3,6-7H2,(H,19,20)(H,21,22)/b18-14+. The number of nitrogens with one attached hydrogen (secondary N) is 1. The maximum Gasteiger partial charge on any atom is 0.352 e. The maximum absolute atomic E-state index is 11.5. The Hall–Kier alpha value is -2.50. The van der Waals surface area contributed by atoms with E-state index in [0.29, 0.717) is 5.82 Å². The molecule has 0 spiro atoms. The number of aromatic nitrogens is 2. The van der Waals surface area contributed by atoms with Crippen LogP contribution in [0.1, 0.15) is 32.1 Å². The van der Waals surface area contributed by atoms with E-state index >= 15 is 0 Å². The van der Waals surface area contributed by atoms with Gasteiger partial charge in [-0.25, -0.2) is 4.79 Å². The Balaban J connectivity index is 1.87. The quantitative estimate of drug-likeness (QED) is 0.669. The molecule has 1 saturated carbocycles. The number of carboxylic acids is 1. The zero-order chi connectivity index (χ0) is 15.4. The number of rotatable bonds is 4. The number of hydrazone groups is 1. The SMILES string of the molecule is O=C(O)/C(=N/Nc1nncc2ccccc12)C1CCCCC1. The molecule has 0 amide bonds. The van der Waals surface area contributed by atoms with Gasteiger partial charge in [-0.05, 0) is 12.8 Å². The van der Waals surface area contributed by atoms with Gasteiger partial charge in [0.05, 0.1) is 6.20 Å². The van der Waals surface area contributed by atoms with Gasteiger partial charge in [-0.3, -0.25) is 5.43 Å². The number of anilines is 1. The second kappa shape index (κ2) is 6.51. The number of nitrogens with zero attached hydrogens (tertiary/aromatic N) is 3. The average molecular weight is 298 g/mol. The molecule has 1 aliphatic rings. The third-order valence-corrected chi connectivity index (χ3v) is 4.06. The van der Waals surface area contributed by atoms with Crippen LogP contribution in [0.4, 0.5) is 5.82 Å². The van der Waals surface area contributed by atoms with Crippen LogP contribution in [0.2, 0.25) is 0 Å². The van der Waals surface area contributed by atoms with Gasteiger partial charge >= 0.3 is 5.97 Å². The van der Waals surface area contributed by atoms with Gasteiger partial charge in [-0.15, -0.1) is 5.10 Å². The van der Waals surface area contributed by atoms with Crippen LogP contribution < -0.4 is 5.43 Å². The fraction of sp³-hybridized carbons (Fsp3) is 0.375. The molecule has 1 heterocycles. The number of carbonyl (C=O) groups is 1. The lowest BCUT2D eigenvalue weighted by atomic mass is 9.86. The summed E-state index contributed by atoms with van der Waals surface area (Å²) >= 11 is 0. The molecule has 2 aromatic rings. The highest BCUT2D eigenvalue weighted by molar-refractivity contribution is 6.36. The largest absolute Gasteiger partial charge is 0.477 e. The molecule has 1 fully saturated rings. The van der Waals surface area contributed by atoms with Crippen molar-refractivity contribution in [2.75, 3.05) is 5.43 Å². The normalized spacial score (nSPS) is 16.6. The number of aliphatic carboxylic acids is 1. The zero-order valence-electron chi connectivity index (χ0n) is 12.2. The van der Waals surface area contributed by atoms with Crippen LogP contribution in [0.5, 0.6) is 0 Å². The van der Waals surface area contributed by atoms with E-state index in [0.717, 1.165) is 36.5 Å². The summed E-state index contributed by atoms with van der Waals surface area (Å²) in [6.45, 7) is 0. The topological polar surface area (TPSA) is 87.5 Å². The van der Waals surface area contributed by atoms with Crippen LogP contribution >= 0.6 is 0 Å². The van der Waals surface area contributed by atoms with Crippen molar-refractivity contribution in [1.29, 1.82) is 0 Å². The van der Waals surface area contributed by atoms with Crippen molar-refractivity contribution in [2.45, 2.75) is 32.1 Å². The highest BCUT2D eigenvalue weighted by Gasteiger charge is 2.24. The molecule has 0 radical (unpaired) electrons. The smallest absolute Gasteiger partial charge is 0.352 e. The summed E-state index contributed by atoms with van der Waals surface area (Å²) in [5, 5.41) is 23.3. The maximum atomic E-state index is 11.5. The molecule has 1 aromatic heterocycles. The fourth-order valence-electron chi connectivity index (χ4n) is 2.91. The molecule has 22 heavy (non-hydrogen) atoms. The Kier molecular flexibility index (Phi) is 4.27. The van der Waals surface area contributed by atoms with E-state index in [9.17, 15) is 9.90 Å². The van der Waals surface area contributed by atoms with Crippen LogP contribution in [0.3, 0.4) is 0 Å². The van der Waals surface area contributed by atoms with Crippen molar-refractivity contribution >= 4 is 28.3 Å². The van der Waals surface area contributed by atoms with E-state index in [-0.39, 0.29) is 11.6 Å². The van der Waals surface area contributed by atoms with Crippen molar-refractivity contribution < 1.29 is 9.90 Å². The molecule has 1 aromatic carbocycles. The van der Waals surface area contributed by atoms with Gasteiger partial charge in [0.2, 0.25) is 0 Å². The predicted molar refractivity (Wildman–Crippen MR) is 84.8 cm³/mol. The molecule has 114 valence electrons. The average Bonchev–Trinajstić information content (AvgIpc) is 2.56. The number of benzene rings is 1. The van der Waals surface area contributed by atoms with Crippen LogP contribution in [-0.4, -0.2) is 27.0 Å². The first kappa shape index (κ1) is 14.4. The highest BCUT2D eigenvalue weighted by atomic mass is 16.4. The van der Waals surface area contributed by atoms with Gasteiger partial charge in [0.25, 0.3) is 0 Å². The van der Waals surface area contributed by atoms with Crippen molar-refractivity contribution in [3.05, 3.63) is 30.5 Å². The monoisotopic (exact) mass is 298 g/mol. The lowest BCUT2D eigenvalue weighted by Gasteiger charge is -2.20. The Morgan fingerprint density at radius 1 is 1.23 bits per heavy atom. The molecule has 1 aliphatic carbocycles. The summed E-state index contributed by atoms with van der Waals surface area (Å²) in [5.74, 6) is -0.470. The molecule has 0 bridgehead atoms. The molecule has 0 unspecified atom stereocenters. The summed E-state index contributed by atoms with van der Waals surface area (Å²) in [6.07, 6.45) is 6.73. The van der Waals surface area contributed by atoms with E-state index in [1.165, 1.54) is 6.42 Å². The third-order valence-electron chi connectivity index (χ3n) is 4.06. The Morgan fingerprint density at radius 3 is 2.77 bits per heavy atom. The Morgan fingerprint density at radius 2 is 2.00 bits per heavy atom. The minimum atomic E-state index is -0.965.